The number of nitrogens with one attached hydrogen (secondary N) is 1. The number of halogens is 2. The zero-order chi connectivity index (χ0) is 18.4. The molecule has 134 valence electrons. The third-order valence-electron chi connectivity index (χ3n) is 3.35. The molecule has 0 atom stereocenters. The van der Waals surface area contributed by atoms with Gasteiger partial charge in [0.05, 0.1) is 28.3 Å². The fourth-order valence-corrected chi connectivity index (χ4v) is 3.14. The van der Waals surface area contributed by atoms with E-state index in [9.17, 15) is 4.79 Å². The van der Waals surface area contributed by atoms with E-state index in [1.54, 1.807) is 12.1 Å². The smallest absolute Gasteiger partial charge is 0.337 e. The molecule has 0 aliphatic rings. The number of ether oxygens (including phenoxy) is 2. The molecule has 0 spiro atoms. The van der Waals surface area contributed by atoms with E-state index in [1.165, 1.54) is 6.07 Å². The van der Waals surface area contributed by atoms with Crippen LogP contribution in [-0.4, -0.2) is 24.3 Å². The average Bonchev–Trinajstić information content (AvgIpc) is 2.56. The third kappa shape index (κ3) is 5.03. The van der Waals surface area contributed by atoms with Gasteiger partial charge in [0.25, 0.3) is 0 Å². The summed E-state index contributed by atoms with van der Waals surface area (Å²) in [4.78, 5) is 11.0. The Bertz CT molecular complexity index is 767. The molecule has 2 N–H and O–H groups in total. The van der Waals surface area contributed by atoms with E-state index < -0.39 is 5.97 Å². The van der Waals surface area contributed by atoms with Crippen molar-refractivity contribution in [3.8, 4) is 11.5 Å². The van der Waals surface area contributed by atoms with Crippen molar-refractivity contribution in [1.82, 2.24) is 0 Å². The number of carboxylic acids is 1. The van der Waals surface area contributed by atoms with Crippen molar-refractivity contribution in [3.63, 3.8) is 0 Å². The van der Waals surface area contributed by atoms with Crippen LogP contribution in [0.4, 0.5) is 5.69 Å². The van der Waals surface area contributed by atoms with Crippen molar-refractivity contribution in [2.75, 3.05) is 18.5 Å². The first kappa shape index (κ1) is 19.4. The Kier molecular flexibility index (Phi) is 6.96. The number of hydrogen-bond donors (Lipinski definition) is 2. The zero-order valence-corrected chi connectivity index (χ0v) is 16.3. The second-order valence-electron chi connectivity index (χ2n) is 5.12. The molecule has 0 radical (unpaired) electrons. The predicted molar refractivity (Wildman–Crippen MR) is 102 cm³/mol. The minimum atomic E-state index is -1.05. The highest BCUT2D eigenvalue weighted by molar-refractivity contribution is 9.10. The monoisotopic (exact) mass is 427 g/mol. The Morgan fingerprint density at radius 3 is 2.52 bits per heavy atom. The van der Waals surface area contributed by atoms with E-state index in [1.807, 2.05) is 26.0 Å². The number of rotatable bonds is 8. The molecule has 0 heterocycles. The van der Waals surface area contributed by atoms with Crippen molar-refractivity contribution >= 4 is 39.2 Å². The number of aromatic carboxylic acids is 1. The van der Waals surface area contributed by atoms with Gasteiger partial charge in [-0.25, -0.2) is 4.79 Å². The largest absolute Gasteiger partial charge is 0.490 e. The lowest BCUT2D eigenvalue weighted by Crippen LogP contribution is -2.04. The minimum Gasteiger partial charge on any atom is -0.490 e. The molecule has 0 amide bonds. The zero-order valence-electron chi connectivity index (χ0n) is 13.9. The molecule has 0 saturated carbocycles. The van der Waals surface area contributed by atoms with Gasteiger partial charge in [-0.2, -0.15) is 0 Å². The Morgan fingerprint density at radius 1 is 1.20 bits per heavy atom. The maximum Gasteiger partial charge on any atom is 0.337 e. The van der Waals surface area contributed by atoms with Crippen LogP contribution in [0.1, 0.15) is 29.8 Å². The molecule has 7 heteroatoms. The summed E-state index contributed by atoms with van der Waals surface area (Å²) >= 11 is 9.50. The summed E-state index contributed by atoms with van der Waals surface area (Å²) in [5.74, 6) is 0.310. The molecule has 25 heavy (non-hydrogen) atoms. The summed E-state index contributed by atoms with van der Waals surface area (Å²) in [5, 5.41) is 12.4. The van der Waals surface area contributed by atoms with Gasteiger partial charge in [-0.05, 0) is 65.7 Å². The van der Waals surface area contributed by atoms with E-state index >= 15 is 0 Å². The van der Waals surface area contributed by atoms with Gasteiger partial charge in [0.15, 0.2) is 11.5 Å². The first-order chi connectivity index (χ1) is 12.0. The molecule has 0 saturated heterocycles. The third-order valence-corrected chi connectivity index (χ3v) is 4.26. The Balaban J connectivity index is 2.17. The van der Waals surface area contributed by atoms with Gasteiger partial charge < -0.3 is 19.9 Å². The van der Waals surface area contributed by atoms with Gasteiger partial charge in [-0.1, -0.05) is 11.6 Å². The quantitative estimate of drug-likeness (QED) is 0.604. The van der Waals surface area contributed by atoms with Crippen molar-refractivity contribution in [3.05, 3.63) is 51.0 Å². The van der Waals surface area contributed by atoms with Crippen molar-refractivity contribution in [1.29, 1.82) is 0 Å². The molecule has 0 fully saturated rings. The SMILES string of the molecule is CCOc1cc(CNc2ccc(C(=O)O)c(Cl)c2)cc(Br)c1OCC. The molecule has 2 aromatic rings. The second kappa shape index (κ2) is 8.97. The summed E-state index contributed by atoms with van der Waals surface area (Å²) in [7, 11) is 0. The minimum absolute atomic E-state index is 0.0784. The van der Waals surface area contributed by atoms with E-state index in [0.717, 1.165) is 15.7 Å². The summed E-state index contributed by atoms with van der Waals surface area (Å²) in [6.45, 7) is 5.44. The van der Waals surface area contributed by atoms with Crippen LogP contribution in [0.3, 0.4) is 0 Å². The lowest BCUT2D eigenvalue weighted by Gasteiger charge is -2.15. The van der Waals surface area contributed by atoms with Crippen LogP contribution < -0.4 is 14.8 Å². The second-order valence-corrected chi connectivity index (χ2v) is 6.39. The number of hydrogen-bond acceptors (Lipinski definition) is 4. The number of carboxylic acid groups (broad SMARTS) is 1. The van der Waals surface area contributed by atoms with Gasteiger partial charge >= 0.3 is 5.97 Å². The molecule has 0 aliphatic carbocycles. The first-order valence-corrected chi connectivity index (χ1v) is 8.98. The van der Waals surface area contributed by atoms with Gasteiger partial charge in [0, 0.05) is 12.2 Å². The fourth-order valence-electron chi connectivity index (χ4n) is 2.27. The van der Waals surface area contributed by atoms with Crippen molar-refractivity contribution < 1.29 is 19.4 Å². The Labute approximate surface area is 160 Å². The molecule has 2 aromatic carbocycles. The normalized spacial score (nSPS) is 10.4. The van der Waals surface area contributed by atoms with Gasteiger partial charge in [-0.3, -0.25) is 0 Å². The van der Waals surface area contributed by atoms with Crippen LogP contribution in [0, 0.1) is 0 Å². The van der Waals surface area contributed by atoms with Crippen LogP contribution in [0.5, 0.6) is 11.5 Å². The number of carbonyl (C=O) groups is 1. The van der Waals surface area contributed by atoms with Crippen LogP contribution in [-0.2, 0) is 6.54 Å². The summed E-state index contributed by atoms with van der Waals surface area (Å²) in [6.07, 6.45) is 0. The molecule has 5 nitrogen and oxygen atoms in total. The highest BCUT2D eigenvalue weighted by atomic mass is 79.9. The molecular weight excluding hydrogens is 410 g/mol. The van der Waals surface area contributed by atoms with Crippen LogP contribution >= 0.6 is 27.5 Å². The van der Waals surface area contributed by atoms with Crippen LogP contribution in [0.2, 0.25) is 5.02 Å². The fraction of sp³-hybridized carbons (Fsp3) is 0.278. The lowest BCUT2D eigenvalue weighted by molar-refractivity contribution is 0.0697. The van der Waals surface area contributed by atoms with Crippen molar-refractivity contribution in [2.24, 2.45) is 0 Å². The van der Waals surface area contributed by atoms with E-state index in [-0.39, 0.29) is 10.6 Å². The maximum atomic E-state index is 11.0. The first-order valence-electron chi connectivity index (χ1n) is 7.81. The van der Waals surface area contributed by atoms with E-state index in [4.69, 9.17) is 26.2 Å². The topological polar surface area (TPSA) is 67.8 Å². The van der Waals surface area contributed by atoms with Crippen LogP contribution in [0.25, 0.3) is 0 Å². The molecule has 0 unspecified atom stereocenters. The van der Waals surface area contributed by atoms with Gasteiger partial charge in [0.1, 0.15) is 0 Å². The van der Waals surface area contributed by atoms with Gasteiger partial charge in [0.2, 0.25) is 0 Å². The summed E-state index contributed by atoms with van der Waals surface area (Å²) in [6, 6.07) is 8.63. The summed E-state index contributed by atoms with van der Waals surface area (Å²) < 4.78 is 12.1. The number of benzene rings is 2. The molecular formula is C18H19BrClNO4. The highest BCUT2D eigenvalue weighted by Gasteiger charge is 2.12. The Hall–Kier alpha value is -1.92. The number of anilines is 1. The molecule has 2 rings (SSSR count). The van der Waals surface area contributed by atoms with E-state index in [2.05, 4.69) is 21.2 Å². The predicted octanol–water partition coefficient (Wildman–Crippen LogP) is 5.21. The molecule has 0 aromatic heterocycles. The summed E-state index contributed by atoms with van der Waals surface area (Å²) in [5.41, 5.74) is 1.80. The highest BCUT2D eigenvalue weighted by Crippen LogP contribution is 2.37. The van der Waals surface area contributed by atoms with E-state index in [0.29, 0.717) is 31.3 Å². The van der Waals surface area contributed by atoms with Crippen LogP contribution in [0.15, 0.2) is 34.8 Å². The lowest BCUT2D eigenvalue weighted by atomic mass is 10.1. The van der Waals surface area contributed by atoms with Gasteiger partial charge in [-0.15, -0.1) is 0 Å². The Morgan fingerprint density at radius 2 is 1.92 bits per heavy atom. The van der Waals surface area contributed by atoms with Crippen molar-refractivity contribution in [2.45, 2.75) is 20.4 Å². The molecule has 0 aliphatic heterocycles. The standard InChI is InChI=1S/C18H19BrClNO4/c1-3-24-16-8-11(7-14(19)17(16)25-4-2)10-21-12-5-6-13(18(22)23)15(20)9-12/h5-9,21H,3-4,10H2,1-2H3,(H,22,23). The maximum absolute atomic E-state index is 11.0. The average molecular weight is 429 g/mol. The molecule has 0 bridgehead atoms.